The van der Waals surface area contributed by atoms with E-state index >= 15 is 0 Å². The maximum Gasteiger partial charge on any atom is 0.119 e. The van der Waals surface area contributed by atoms with Gasteiger partial charge < -0.3 is 19.9 Å². The summed E-state index contributed by atoms with van der Waals surface area (Å²) in [5.41, 5.74) is 6.99. The van der Waals surface area contributed by atoms with Crippen LogP contribution in [0.1, 0.15) is 31.7 Å². The smallest absolute Gasteiger partial charge is 0.119 e. The van der Waals surface area contributed by atoms with Gasteiger partial charge in [0.2, 0.25) is 0 Å². The van der Waals surface area contributed by atoms with Gasteiger partial charge in [0, 0.05) is 31.9 Å². The molecule has 2 heterocycles. The van der Waals surface area contributed by atoms with Crippen molar-refractivity contribution in [3.8, 4) is 5.75 Å². The van der Waals surface area contributed by atoms with Crippen molar-refractivity contribution in [1.82, 2.24) is 0 Å². The van der Waals surface area contributed by atoms with E-state index in [2.05, 4.69) is 12.1 Å². The second kappa shape index (κ2) is 6.34. The molecule has 3 unspecified atom stereocenters. The van der Waals surface area contributed by atoms with Crippen molar-refractivity contribution in [2.24, 2.45) is 5.73 Å². The van der Waals surface area contributed by atoms with Gasteiger partial charge >= 0.3 is 0 Å². The maximum atomic E-state index is 6.19. The molecule has 0 bridgehead atoms. The first kappa shape index (κ1) is 14.8. The van der Waals surface area contributed by atoms with Gasteiger partial charge in [-0.25, -0.2) is 0 Å². The molecular formula is C17H25NO3. The molecule has 116 valence electrons. The van der Waals surface area contributed by atoms with Crippen LogP contribution in [0.25, 0.3) is 0 Å². The van der Waals surface area contributed by atoms with Crippen LogP contribution in [0.15, 0.2) is 24.3 Å². The molecule has 2 fully saturated rings. The molecule has 0 radical (unpaired) electrons. The van der Waals surface area contributed by atoms with Crippen molar-refractivity contribution >= 4 is 0 Å². The largest absolute Gasteiger partial charge is 0.490 e. The highest BCUT2D eigenvalue weighted by Crippen LogP contribution is 2.34. The lowest BCUT2D eigenvalue weighted by Crippen LogP contribution is -2.44. The van der Waals surface area contributed by atoms with Crippen molar-refractivity contribution in [3.05, 3.63) is 29.8 Å². The summed E-state index contributed by atoms with van der Waals surface area (Å²) in [6, 6.07) is 8.45. The zero-order valence-corrected chi connectivity index (χ0v) is 12.7. The van der Waals surface area contributed by atoms with E-state index in [0.717, 1.165) is 44.6 Å². The van der Waals surface area contributed by atoms with Gasteiger partial charge in [0.15, 0.2) is 0 Å². The fraction of sp³-hybridized carbons (Fsp3) is 0.647. The van der Waals surface area contributed by atoms with E-state index in [4.69, 9.17) is 19.9 Å². The number of benzene rings is 1. The lowest BCUT2D eigenvalue weighted by Gasteiger charge is -2.37. The van der Waals surface area contributed by atoms with Crippen molar-refractivity contribution in [2.45, 2.75) is 50.4 Å². The Morgan fingerprint density at radius 2 is 2.33 bits per heavy atom. The predicted molar refractivity (Wildman–Crippen MR) is 81.6 cm³/mol. The highest BCUT2D eigenvalue weighted by Gasteiger charge is 2.41. The van der Waals surface area contributed by atoms with Crippen LogP contribution in [0.5, 0.6) is 5.75 Å². The van der Waals surface area contributed by atoms with Crippen LogP contribution in [0, 0.1) is 0 Å². The minimum atomic E-state index is -0.105. The van der Waals surface area contributed by atoms with Crippen LogP contribution in [-0.4, -0.2) is 37.6 Å². The number of nitrogens with two attached hydrogens (primary N) is 1. The van der Waals surface area contributed by atoms with Crippen LogP contribution < -0.4 is 10.5 Å². The third-order valence-corrected chi connectivity index (χ3v) is 4.27. The van der Waals surface area contributed by atoms with Gasteiger partial charge in [-0.1, -0.05) is 12.1 Å². The summed E-state index contributed by atoms with van der Waals surface area (Å²) in [6.07, 6.45) is 3.94. The second-order valence-corrected chi connectivity index (χ2v) is 6.40. The molecule has 3 atom stereocenters. The molecule has 0 aromatic heterocycles. The summed E-state index contributed by atoms with van der Waals surface area (Å²) in [7, 11) is 0. The van der Waals surface area contributed by atoms with Gasteiger partial charge in [0.1, 0.15) is 11.9 Å². The van der Waals surface area contributed by atoms with Gasteiger partial charge in [0.25, 0.3) is 0 Å². The Morgan fingerprint density at radius 1 is 1.43 bits per heavy atom. The molecule has 1 aromatic carbocycles. The SMILES string of the molecule is CC(N)Cc1cccc(OC2CCOC3(CCOC3)C2)c1. The zero-order chi connectivity index (χ0) is 14.7. The molecule has 2 N–H and O–H groups in total. The molecule has 2 saturated heterocycles. The first-order valence-electron chi connectivity index (χ1n) is 7.88. The number of hydrogen-bond acceptors (Lipinski definition) is 4. The normalized spacial score (nSPS) is 30.5. The summed E-state index contributed by atoms with van der Waals surface area (Å²) >= 11 is 0. The fourth-order valence-electron chi connectivity index (χ4n) is 3.26. The molecule has 0 saturated carbocycles. The average Bonchev–Trinajstić information content (AvgIpc) is 2.86. The molecular weight excluding hydrogens is 266 g/mol. The molecule has 4 heteroatoms. The number of rotatable bonds is 4. The standard InChI is InChI=1S/C17H25NO3/c1-13(18)9-14-3-2-4-15(10-14)21-16-5-7-20-17(11-16)6-8-19-12-17/h2-4,10,13,16H,5-9,11-12,18H2,1H3. The van der Waals surface area contributed by atoms with E-state index in [-0.39, 0.29) is 17.7 Å². The highest BCUT2D eigenvalue weighted by atomic mass is 16.6. The number of hydrogen-bond donors (Lipinski definition) is 1. The Kier molecular flexibility index (Phi) is 4.48. The van der Waals surface area contributed by atoms with Crippen LogP contribution in [0.4, 0.5) is 0 Å². The highest BCUT2D eigenvalue weighted by molar-refractivity contribution is 5.29. The Labute approximate surface area is 126 Å². The first-order chi connectivity index (χ1) is 10.2. The van der Waals surface area contributed by atoms with Crippen LogP contribution in [0.2, 0.25) is 0 Å². The summed E-state index contributed by atoms with van der Waals surface area (Å²) in [4.78, 5) is 0. The molecule has 3 rings (SSSR count). The topological polar surface area (TPSA) is 53.7 Å². The second-order valence-electron chi connectivity index (χ2n) is 6.40. The number of ether oxygens (including phenoxy) is 3. The van der Waals surface area contributed by atoms with Crippen LogP contribution >= 0.6 is 0 Å². The Hall–Kier alpha value is -1.10. The van der Waals surface area contributed by atoms with E-state index in [1.54, 1.807) is 0 Å². The molecule has 2 aliphatic heterocycles. The van der Waals surface area contributed by atoms with Crippen molar-refractivity contribution in [2.75, 3.05) is 19.8 Å². The molecule has 1 aromatic rings. The van der Waals surface area contributed by atoms with Crippen LogP contribution in [-0.2, 0) is 15.9 Å². The Bertz CT molecular complexity index is 469. The van der Waals surface area contributed by atoms with Gasteiger partial charge in [-0.15, -0.1) is 0 Å². The first-order valence-corrected chi connectivity index (χ1v) is 7.88. The van der Waals surface area contributed by atoms with Gasteiger partial charge in [0.05, 0.1) is 18.8 Å². The summed E-state index contributed by atoms with van der Waals surface area (Å²) in [6.45, 7) is 4.29. The molecule has 1 spiro atoms. The van der Waals surface area contributed by atoms with E-state index in [9.17, 15) is 0 Å². The van der Waals surface area contributed by atoms with E-state index in [1.807, 2.05) is 19.1 Å². The summed E-state index contributed by atoms with van der Waals surface area (Å²) in [5.74, 6) is 0.939. The third kappa shape index (κ3) is 3.76. The molecule has 21 heavy (non-hydrogen) atoms. The minimum Gasteiger partial charge on any atom is -0.490 e. The summed E-state index contributed by atoms with van der Waals surface area (Å²) < 4.78 is 17.6. The van der Waals surface area contributed by atoms with Crippen molar-refractivity contribution in [1.29, 1.82) is 0 Å². The third-order valence-electron chi connectivity index (χ3n) is 4.27. The fourth-order valence-corrected chi connectivity index (χ4v) is 3.26. The predicted octanol–water partition coefficient (Wildman–Crippen LogP) is 2.29. The minimum absolute atomic E-state index is 0.105. The Morgan fingerprint density at radius 3 is 3.10 bits per heavy atom. The maximum absolute atomic E-state index is 6.19. The van der Waals surface area contributed by atoms with Crippen LogP contribution in [0.3, 0.4) is 0 Å². The monoisotopic (exact) mass is 291 g/mol. The molecule has 0 aliphatic carbocycles. The van der Waals surface area contributed by atoms with Crippen molar-refractivity contribution < 1.29 is 14.2 Å². The molecule has 2 aliphatic rings. The lowest BCUT2D eigenvalue weighted by molar-refractivity contribution is -0.112. The lowest BCUT2D eigenvalue weighted by atomic mass is 9.91. The average molecular weight is 291 g/mol. The van der Waals surface area contributed by atoms with E-state index in [1.165, 1.54) is 5.56 Å². The molecule has 0 amide bonds. The zero-order valence-electron chi connectivity index (χ0n) is 12.7. The molecule has 4 nitrogen and oxygen atoms in total. The van der Waals surface area contributed by atoms with E-state index < -0.39 is 0 Å². The van der Waals surface area contributed by atoms with Gasteiger partial charge in [-0.3, -0.25) is 0 Å². The Balaban J connectivity index is 1.63. The van der Waals surface area contributed by atoms with E-state index in [0.29, 0.717) is 6.61 Å². The summed E-state index contributed by atoms with van der Waals surface area (Å²) in [5, 5.41) is 0. The van der Waals surface area contributed by atoms with Crippen molar-refractivity contribution in [3.63, 3.8) is 0 Å². The quantitative estimate of drug-likeness (QED) is 0.925. The van der Waals surface area contributed by atoms with Gasteiger partial charge in [-0.05, 0) is 31.0 Å². The van der Waals surface area contributed by atoms with Gasteiger partial charge in [-0.2, -0.15) is 0 Å².